The fourth-order valence-electron chi connectivity index (χ4n) is 4.36. The fourth-order valence-corrected chi connectivity index (χ4v) is 4.36. The highest BCUT2D eigenvalue weighted by atomic mass is 16.1. The zero-order chi connectivity index (χ0) is 17.4. The summed E-state index contributed by atoms with van der Waals surface area (Å²) >= 11 is 0. The molecule has 2 nitrogen and oxygen atoms in total. The normalized spacial score (nSPS) is 12.2. The first-order valence-electron chi connectivity index (χ1n) is 8.63. The maximum absolute atomic E-state index is 13.3. The van der Waals surface area contributed by atoms with Crippen LogP contribution in [0.25, 0.3) is 53.9 Å². The van der Waals surface area contributed by atoms with Crippen molar-refractivity contribution in [1.29, 1.82) is 0 Å². The number of fused-ring (bicyclic) bond motifs is 8. The van der Waals surface area contributed by atoms with Crippen molar-refractivity contribution in [2.45, 2.75) is 0 Å². The van der Waals surface area contributed by atoms with E-state index in [0.717, 1.165) is 37.7 Å². The van der Waals surface area contributed by atoms with E-state index in [9.17, 15) is 9.59 Å². The van der Waals surface area contributed by atoms with Crippen LogP contribution in [-0.2, 0) is 0 Å². The molecule has 26 heavy (non-hydrogen) atoms. The van der Waals surface area contributed by atoms with E-state index in [1.165, 1.54) is 0 Å². The van der Waals surface area contributed by atoms with Gasteiger partial charge in [-0.2, -0.15) is 0 Å². The third-order valence-electron chi connectivity index (χ3n) is 5.54. The molecule has 0 N–H and O–H groups in total. The first-order chi connectivity index (χ1) is 12.7. The van der Waals surface area contributed by atoms with Gasteiger partial charge in [0.15, 0.2) is 10.9 Å². The van der Waals surface area contributed by atoms with Crippen molar-refractivity contribution < 1.29 is 0 Å². The second kappa shape index (κ2) is 4.55. The first-order valence-corrected chi connectivity index (χ1v) is 8.63. The molecule has 0 radical (unpaired) electrons. The van der Waals surface area contributed by atoms with E-state index in [0.29, 0.717) is 16.2 Å². The van der Waals surface area contributed by atoms with Gasteiger partial charge < -0.3 is 0 Å². The van der Waals surface area contributed by atoms with Crippen LogP contribution in [0.5, 0.6) is 0 Å². The van der Waals surface area contributed by atoms with E-state index in [2.05, 4.69) is 12.1 Å². The molecule has 0 spiro atoms. The summed E-state index contributed by atoms with van der Waals surface area (Å²) in [5.41, 5.74) is 0.0226. The average Bonchev–Trinajstić information content (AvgIpc) is 3.13. The Balaban J connectivity index is 1.98. The largest absolute Gasteiger partial charge is 0.289 e. The number of hydrogen-bond acceptors (Lipinski definition) is 2. The molecule has 120 valence electrons. The van der Waals surface area contributed by atoms with E-state index < -0.39 is 0 Å². The smallest absolute Gasteiger partial charge is 0.194 e. The van der Waals surface area contributed by atoms with E-state index >= 15 is 0 Å². The molecular formula is C24H12O2. The lowest BCUT2D eigenvalue weighted by Crippen LogP contribution is -1.96. The summed E-state index contributed by atoms with van der Waals surface area (Å²) in [4.78, 5) is 26.0. The molecule has 0 aromatic heterocycles. The lowest BCUT2D eigenvalue weighted by Gasteiger charge is -1.98. The molecule has 6 rings (SSSR count). The summed E-state index contributed by atoms with van der Waals surface area (Å²) in [5.74, 6) is 0. The highest BCUT2D eigenvalue weighted by molar-refractivity contribution is 6.29. The Hall–Kier alpha value is -3.52. The summed E-state index contributed by atoms with van der Waals surface area (Å²) in [6.07, 6.45) is 0. The number of rotatable bonds is 0. The molecule has 0 aliphatic carbocycles. The summed E-state index contributed by atoms with van der Waals surface area (Å²) < 4.78 is 0. The van der Waals surface area contributed by atoms with Crippen molar-refractivity contribution in [2.24, 2.45) is 0 Å². The Labute approximate surface area is 147 Å². The molecule has 0 aliphatic rings. The van der Waals surface area contributed by atoms with Crippen LogP contribution >= 0.6 is 0 Å². The molecule has 0 amide bonds. The summed E-state index contributed by atoms with van der Waals surface area (Å²) in [6.45, 7) is 0. The van der Waals surface area contributed by atoms with Gasteiger partial charge in [0.2, 0.25) is 0 Å². The zero-order valence-electron chi connectivity index (χ0n) is 13.7. The van der Waals surface area contributed by atoms with Crippen LogP contribution in [0.1, 0.15) is 0 Å². The van der Waals surface area contributed by atoms with Gasteiger partial charge in [0.05, 0.1) is 0 Å². The predicted octanol–water partition coefficient (Wildman–Crippen LogP) is 5.05. The van der Waals surface area contributed by atoms with Crippen LogP contribution in [-0.4, -0.2) is 0 Å². The van der Waals surface area contributed by atoms with Crippen molar-refractivity contribution >= 4 is 53.9 Å². The topological polar surface area (TPSA) is 34.1 Å². The van der Waals surface area contributed by atoms with Crippen LogP contribution in [0.15, 0.2) is 82.4 Å². The van der Waals surface area contributed by atoms with Gasteiger partial charge in [-0.25, -0.2) is 0 Å². The van der Waals surface area contributed by atoms with Gasteiger partial charge in [-0.1, -0.05) is 54.6 Å². The Bertz CT molecular complexity index is 1610. The molecule has 0 saturated heterocycles. The SMILES string of the molecule is O=c1c2ccccc2c2c1ccc1c3cc4ccccc4cc3c(=O)c12. The molecule has 0 aliphatic heterocycles. The summed E-state index contributed by atoms with van der Waals surface area (Å²) in [6, 6.07) is 23.5. The molecule has 6 aromatic rings. The molecule has 0 fully saturated rings. The lowest BCUT2D eigenvalue weighted by molar-refractivity contribution is 1.80. The van der Waals surface area contributed by atoms with E-state index in [1.54, 1.807) is 0 Å². The lowest BCUT2D eigenvalue weighted by atomic mass is 10.0. The summed E-state index contributed by atoms with van der Waals surface area (Å²) in [7, 11) is 0. The highest BCUT2D eigenvalue weighted by Gasteiger charge is 2.18. The number of benzene rings is 4. The van der Waals surface area contributed by atoms with Crippen LogP contribution < -0.4 is 10.9 Å². The van der Waals surface area contributed by atoms with Gasteiger partial charge in [-0.3, -0.25) is 9.59 Å². The molecule has 0 atom stereocenters. The maximum Gasteiger partial charge on any atom is 0.194 e. The third kappa shape index (κ3) is 1.52. The molecule has 6 aromatic carbocycles. The molecule has 0 saturated carbocycles. The molecular weight excluding hydrogens is 320 g/mol. The Morgan fingerprint density at radius 3 is 1.77 bits per heavy atom. The quantitative estimate of drug-likeness (QED) is 0.390. The Morgan fingerprint density at radius 2 is 1.00 bits per heavy atom. The van der Waals surface area contributed by atoms with E-state index in [-0.39, 0.29) is 10.9 Å². The van der Waals surface area contributed by atoms with Crippen LogP contribution in [0.3, 0.4) is 0 Å². The standard InChI is InChI=1S/C24H12O2/c25-23-17-8-4-3-7-15(17)21-18(23)10-9-16-19-11-13-5-1-2-6-14(13)12-20(19)24(26)22(16)21/h1-12H. The van der Waals surface area contributed by atoms with E-state index in [1.807, 2.05) is 60.7 Å². The fraction of sp³-hybridized carbons (Fsp3) is 0. The van der Waals surface area contributed by atoms with Crippen molar-refractivity contribution in [3.63, 3.8) is 0 Å². The minimum atomic E-state index is 0.00678. The zero-order valence-corrected chi connectivity index (χ0v) is 13.7. The van der Waals surface area contributed by atoms with Gasteiger partial charge in [-0.15, -0.1) is 0 Å². The van der Waals surface area contributed by atoms with Gasteiger partial charge in [0.1, 0.15) is 0 Å². The second-order valence-electron chi connectivity index (χ2n) is 6.86. The minimum absolute atomic E-state index is 0.00678. The Morgan fingerprint density at radius 1 is 0.423 bits per heavy atom. The van der Waals surface area contributed by atoms with Gasteiger partial charge in [-0.05, 0) is 45.1 Å². The highest BCUT2D eigenvalue weighted by Crippen LogP contribution is 2.35. The number of hydrogen-bond donors (Lipinski definition) is 0. The first kappa shape index (κ1) is 13.7. The summed E-state index contributed by atoms with van der Waals surface area (Å²) in [5, 5.41) is 8.45. The van der Waals surface area contributed by atoms with Crippen LogP contribution in [0.4, 0.5) is 0 Å². The molecule has 0 bridgehead atoms. The second-order valence-corrected chi connectivity index (χ2v) is 6.86. The van der Waals surface area contributed by atoms with Gasteiger partial charge >= 0.3 is 0 Å². The average molecular weight is 332 g/mol. The van der Waals surface area contributed by atoms with Gasteiger partial charge in [0.25, 0.3) is 0 Å². The van der Waals surface area contributed by atoms with E-state index in [4.69, 9.17) is 0 Å². The monoisotopic (exact) mass is 332 g/mol. The Kier molecular flexibility index (Phi) is 2.41. The van der Waals surface area contributed by atoms with Crippen LogP contribution in [0.2, 0.25) is 0 Å². The third-order valence-corrected chi connectivity index (χ3v) is 5.54. The minimum Gasteiger partial charge on any atom is -0.289 e. The van der Waals surface area contributed by atoms with Crippen molar-refractivity contribution in [2.75, 3.05) is 0 Å². The van der Waals surface area contributed by atoms with Gasteiger partial charge in [0, 0.05) is 26.9 Å². The molecule has 0 heterocycles. The van der Waals surface area contributed by atoms with Crippen molar-refractivity contribution in [3.05, 3.63) is 93.2 Å². The predicted molar refractivity (Wildman–Crippen MR) is 109 cm³/mol. The molecule has 2 heteroatoms. The maximum atomic E-state index is 13.3. The van der Waals surface area contributed by atoms with Crippen molar-refractivity contribution in [1.82, 2.24) is 0 Å². The van der Waals surface area contributed by atoms with Crippen molar-refractivity contribution in [3.8, 4) is 0 Å². The molecule has 0 unspecified atom stereocenters. The van der Waals surface area contributed by atoms with Crippen LogP contribution in [0, 0.1) is 0 Å².